The summed E-state index contributed by atoms with van der Waals surface area (Å²) in [5.41, 5.74) is 9.05. The molecule has 5 rings (SSSR count). The average Bonchev–Trinajstić information content (AvgIpc) is 3.48. The number of ether oxygens (including phenoxy) is 2. The first-order chi connectivity index (χ1) is 14.7. The van der Waals surface area contributed by atoms with E-state index in [9.17, 15) is 0 Å². The third kappa shape index (κ3) is 3.31. The van der Waals surface area contributed by atoms with E-state index in [-0.39, 0.29) is 6.79 Å². The van der Waals surface area contributed by atoms with Crippen LogP contribution in [0.2, 0.25) is 0 Å². The Morgan fingerprint density at radius 3 is 2.93 bits per heavy atom. The first-order valence-corrected chi connectivity index (χ1v) is 10.1. The van der Waals surface area contributed by atoms with Gasteiger partial charge in [0.2, 0.25) is 6.79 Å². The lowest BCUT2D eigenvalue weighted by Gasteiger charge is -2.11. The summed E-state index contributed by atoms with van der Waals surface area (Å²) < 4.78 is 13.2. The number of nitrogens with zero attached hydrogens (tertiary/aromatic N) is 5. The van der Waals surface area contributed by atoms with E-state index >= 15 is 0 Å². The molecule has 0 bridgehead atoms. The van der Waals surface area contributed by atoms with Crippen molar-refractivity contribution in [1.29, 1.82) is 0 Å². The van der Waals surface area contributed by atoms with E-state index in [0.717, 1.165) is 27.9 Å². The maximum Gasteiger partial charge on any atom is 0.231 e. The number of hydrogen-bond acceptors (Lipinski definition) is 9. The molecule has 1 aromatic carbocycles. The molecule has 0 fully saturated rings. The number of hydrogen-bond donors (Lipinski definition) is 3. The highest BCUT2D eigenvalue weighted by Crippen LogP contribution is 2.44. The molecule has 0 atom stereocenters. The second-order valence-electron chi connectivity index (χ2n) is 6.49. The van der Waals surface area contributed by atoms with Crippen molar-refractivity contribution < 1.29 is 9.47 Å². The quantitative estimate of drug-likeness (QED) is 0.383. The van der Waals surface area contributed by atoms with Crippen LogP contribution in [-0.4, -0.2) is 49.6 Å². The fourth-order valence-electron chi connectivity index (χ4n) is 3.25. The van der Waals surface area contributed by atoms with Crippen LogP contribution in [0.5, 0.6) is 11.5 Å². The summed E-state index contributed by atoms with van der Waals surface area (Å²) in [6.07, 6.45) is 3.24. The van der Waals surface area contributed by atoms with Crippen LogP contribution in [-0.2, 0) is 6.54 Å². The molecule has 0 spiro atoms. The van der Waals surface area contributed by atoms with Gasteiger partial charge in [-0.05, 0) is 31.7 Å². The van der Waals surface area contributed by atoms with Gasteiger partial charge in [0.1, 0.15) is 6.33 Å². The highest BCUT2D eigenvalue weighted by molar-refractivity contribution is 7.99. The van der Waals surface area contributed by atoms with Crippen molar-refractivity contribution in [3.63, 3.8) is 0 Å². The molecule has 4 heterocycles. The molecule has 10 nitrogen and oxygen atoms in total. The summed E-state index contributed by atoms with van der Waals surface area (Å²) >= 11 is 1.49. The Labute approximate surface area is 176 Å². The lowest BCUT2D eigenvalue weighted by molar-refractivity contribution is 0.174. The van der Waals surface area contributed by atoms with Crippen molar-refractivity contribution in [2.45, 2.75) is 16.6 Å². The zero-order chi connectivity index (χ0) is 20.5. The summed E-state index contributed by atoms with van der Waals surface area (Å²) in [7, 11) is 0. The molecule has 30 heavy (non-hydrogen) atoms. The van der Waals surface area contributed by atoms with Gasteiger partial charge < -0.3 is 25.1 Å². The second-order valence-corrected chi connectivity index (χ2v) is 7.50. The first kappa shape index (κ1) is 18.7. The molecule has 1 aliphatic rings. The van der Waals surface area contributed by atoms with Crippen molar-refractivity contribution in [3.05, 3.63) is 37.6 Å². The zero-order valence-corrected chi connectivity index (χ0v) is 16.8. The summed E-state index contributed by atoms with van der Waals surface area (Å²) in [6, 6.07) is 5.79. The van der Waals surface area contributed by atoms with Gasteiger partial charge in [-0.3, -0.25) is 5.10 Å². The Morgan fingerprint density at radius 1 is 1.27 bits per heavy atom. The van der Waals surface area contributed by atoms with Gasteiger partial charge in [-0.1, -0.05) is 11.8 Å². The van der Waals surface area contributed by atoms with Gasteiger partial charge in [0.05, 0.1) is 5.69 Å². The highest BCUT2D eigenvalue weighted by atomic mass is 32.2. The molecule has 1 radical (unpaired) electrons. The van der Waals surface area contributed by atoms with Crippen LogP contribution in [0.15, 0.2) is 40.8 Å². The lowest BCUT2D eigenvalue weighted by Crippen LogP contribution is -2.20. The summed E-state index contributed by atoms with van der Waals surface area (Å²) in [6.45, 7) is 6.04. The number of benzene rings is 1. The number of imidazole rings is 1. The summed E-state index contributed by atoms with van der Waals surface area (Å²) in [5, 5.41) is 11.2. The predicted molar refractivity (Wildman–Crippen MR) is 112 cm³/mol. The molecular formula is C19H19N8O2S. The number of rotatable bonds is 7. The fraction of sp³-hybridized carbons (Fsp3) is 0.211. The van der Waals surface area contributed by atoms with E-state index in [4.69, 9.17) is 20.2 Å². The van der Waals surface area contributed by atoms with Gasteiger partial charge in [-0.15, -0.1) is 0 Å². The van der Waals surface area contributed by atoms with Crippen molar-refractivity contribution in [2.75, 3.05) is 25.6 Å². The predicted octanol–water partition coefficient (Wildman–Crippen LogP) is 2.10. The number of nitrogen functional groups attached to an aromatic ring is 1. The number of fused-ring (bicyclic) bond motifs is 2. The normalized spacial score (nSPS) is 12.7. The van der Waals surface area contributed by atoms with E-state index < -0.39 is 0 Å². The van der Waals surface area contributed by atoms with Crippen molar-refractivity contribution >= 4 is 28.7 Å². The monoisotopic (exact) mass is 423 g/mol. The minimum atomic E-state index is 0.199. The van der Waals surface area contributed by atoms with Crippen molar-refractivity contribution in [3.8, 4) is 22.8 Å². The van der Waals surface area contributed by atoms with E-state index in [1.807, 2.05) is 22.8 Å². The summed E-state index contributed by atoms with van der Waals surface area (Å²) in [5.74, 6) is 1.74. The number of H-pyrrole nitrogens is 1. The average molecular weight is 423 g/mol. The van der Waals surface area contributed by atoms with Crippen LogP contribution in [0, 0.1) is 6.92 Å². The molecule has 4 N–H and O–H groups in total. The molecule has 11 heteroatoms. The molecule has 0 saturated carbocycles. The van der Waals surface area contributed by atoms with E-state index in [0.29, 0.717) is 41.6 Å². The largest absolute Gasteiger partial charge is 0.454 e. The highest BCUT2D eigenvalue weighted by Gasteiger charge is 2.22. The molecule has 0 amide bonds. The van der Waals surface area contributed by atoms with Crippen molar-refractivity contribution in [2.24, 2.45) is 0 Å². The van der Waals surface area contributed by atoms with Gasteiger partial charge >= 0.3 is 0 Å². The molecule has 1 aliphatic heterocycles. The van der Waals surface area contributed by atoms with Crippen LogP contribution in [0.3, 0.4) is 0 Å². The van der Waals surface area contributed by atoms with Crippen LogP contribution in [0.4, 0.5) is 5.82 Å². The van der Waals surface area contributed by atoms with E-state index in [2.05, 4.69) is 32.4 Å². The smallest absolute Gasteiger partial charge is 0.231 e. The number of aromatic nitrogens is 6. The van der Waals surface area contributed by atoms with E-state index in [1.54, 1.807) is 6.20 Å². The molecule has 4 aromatic rings. The molecule has 3 aromatic heterocycles. The van der Waals surface area contributed by atoms with Crippen LogP contribution in [0.25, 0.3) is 22.4 Å². The Morgan fingerprint density at radius 2 is 2.13 bits per heavy atom. The maximum absolute atomic E-state index is 6.06. The standard InChI is InChI=1S/C19H19N8O2S/c1-2-21-5-6-27-18-16(17(20)22-9-23-18)25-19(27)30-15-8-14-13(28-10-29-14)7-11(15)12-3-4-24-26-12/h3-4,7-9,21H,1-2,5-6,10H2,(H,24,26)(H2,20,22,23). The lowest BCUT2D eigenvalue weighted by atomic mass is 10.1. The second kappa shape index (κ2) is 7.84. The Kier molecular flexibility index (Phi) is 4.89. The van der Waals surface area contributed by atoms with Gasteiger partial charge in [-0.2, -0.15) is 5.10 Å². The topological polar surface area (TPSA) is 129 Å². The van der Waals surface area contributed by atoms with E-state index in [1.165, 1.54) is 18.1 Å². The maximum atomic E-state index is 6.06. The minimum absolute atomic E-state index is 0.199. The van der Waals surface area contributed by atoms with Gasteiger partial charge in [-0.25, -0.2) is 15.0 Å². The minimum Gasteiger partial charge on any atom is -0.454 e. The molecular weight excluding hydrogens is 404 g/mol. The number of aromatic amines is 1. The third-order valence-electron chi connectivity index (χ3n) is 4.67. The molecule has 0 aliphatic carbocycles. The molecule has 0 saturated heterocycles. The van der Waals surface area contributed by atoms with Crippen molar-refractivity contribution in [1.82, 2.24) is 35.0 Å². The number of nitrogens with one attached hydrogen (secondary N) is 2. The van der Waals surface area contributed by atoms with Crippen LogP contribution >= 0.6 is 11.8 Å². The van der Waals surface area contributed by atoms with Crippen LogP contribution in [0.1, 0.15) is 0 Å². The third-order valence-corrected chi connectivity index (χ3v) is 5.72. The zero-order valence-electron chi connectivity index (χ0n) is 16.0. The summed E-state index contributed by atoms with van der Waals surface area (Å²) in [4.78, 5) is 14.1. The van der Waals surface area contributed by atoms with Gasteiger partial charge in [0.25, 0.3) is 0 Å². The van der Waals surface area contributed by atoms with Gasteiger partial charge in [0, 0.05) is 29.7 Å². The Hall–Kier alpha value is -3.31. The SMILES string of the molecule is [CH2]CNCCn1c(Sc2cc3c(cc2-c2cc[nH]n2)OCO3)nc2c(N)ncnc21. The first-order valence-electron chi connectivity index (χ1n) is 9.33. The number of anilines is 1. The Bertz CT molecular complexity index is 1190. The van der Waals surface area contributed by atoms with Gasteiger partial charge in [0.15, 0.2) is 33.6 Å². The number of nitrogens with two attached hydrogens (primary N) is 1. The Balaban J connectivity index is 1.60. The fourth-order valence-corrected chi connectivity index (χ4v) is 4.31. The molecule has 153 valence electrons. The van der Waals surface area contributed by atoms with Crippen LogP contribution < -0.4 is 20.5 Å². The molecule has 0 unspecified atom stereocenters.